The van der Waals surface area contributed by atoms with Crippen molar-refractivity contribution in [3.8, 4) is 6.07 Å². The van der Waals surface area contributed by atoms with Gasteiger partial charge in [0.1, 0.15) is 5.39 Å². The minimum absolute atomic E-state index is 0.235. The first-order valence-corrected chi connectivity index (χ1v) is 6.31. The van der Waals surface area contributed by atoms with Gasteiger partial charge < -0.3 is 4.90 Å². The highest BCUT2D eigenvalue weighted by atomic mass is 16.1. The van der Waals surface area contributed by atoms with Crippen molar-refractivity contribution in [2.75, 3.05) is 11.9 Å². The van der Waals surface area contributed by atoms with E-state index in [1.165, 1.54) is 6.20 Å². The van der Waals surface area contributed by atoms with E-state index in [9.17, 15) is 4.79 Å². The molecule has 7 heteroatoms. The zero-order valence-electron chi connectivity index (χ0n) is 11.3. The van der Waals surface area contributed by atoms with Crippen LogP contribution in [0.4, 0.5) is 5.95 Å². The van der Waals surface area contributed by atoms with Crippen LogP contribution in [0.25, 0.3) is 11.0 Å². The van der Waals surface area contributed by atoms with Crippen molar-refractivity contribution < 1.29 is 0 Å². The van der Waals surface area contributed by atoms with Gasteiger partial charge in [-0.25, -0.2) is 0 Å². The van der Waals surface area contributed by atoms with E-state index in [1.54, 1.807) is 11.0 Å². The number of nitrogens with zero attached hydrogens (tertiary/aromatic N) is 4. The Balaban J connectivity index is 1.91. The minimum atomic E-state index is -0.235. The van der Waals surface area contributed by atoms with Gasteiger partial charge in [-0.1, -0.05) is 12.1 Å². The summed E-state index contributed by atoms with van der Waals surface area (Å²) in [5, 5.41) is 15.8. The van der Waals surface area contributed by atoms with Gasteiger partial charge in [0.05, 0.1) is 17.8 Å². The van der Waals surface area contributed by atoms with E-state index in [2.05, 4.69) is 26.2 Å². The quantitative estimate of drug-likeness (QED) is 0.749. The van der Waals surface area contributed by atoms with E-state index < -0.39 is 0 Å². The molecule has 0 aliphatic heterocycles. The number of hydrogen-bond acceptors (Lipinski definition) is 5. The van der Waals surface area contributed by atoms with Crippen LogP contribution in [0.15, 0.2) is 35.3 Å². The molecule has 104 valence electrons. The summed E-state index contributed by atoms with van der Waals surface area (Å²) in [6.45, 7) is 0.526. The summed E-state index contributed by atoms with van der Waals surface area (Å²) in [7, 11) is 1.82. The molecule has 3 aromatic rings. The van der Waals surface area contributed by atoms with Gasteiger partial charge >= 0.3 is 0 Å². The zero-order valence-corrected chi connectivity index (χ0v) is 11.3. The standard InChI is InChI=1S/C14H12N6O/c1-20(8-10-4-2-3-9(5-10)6-15)14-17-12-11(7-16-19-12)13(21)18-14/h2-5,7H,8H2,1H3,(H2,16,17,18,19,21). The van der Waals surface area contributed by atoms with Crippen LogP contribution >= 0.6 is 0 Å². The van der Waals surface area contributed by atoms with E-state index in [0.717, 1.165) is 5.56 Å². The van der Waals surface area contributed by atoms with Crippen molar-refractivity contribution in [3.05, 3.63) is 51.9 Å². The number of benzene rings is 1. The van der Waals surface area contributed by atoms with Crippen LogP contribution in [0.2, 0.25) is 0 Å². The Morgan fingerprint density at radius 1 is 1.43 bits per heavy atom. The number of fused-ring (bicyclic) bond motifs is 1. The van der Waals surface area contributed by atoms with Gasteiger partial charge in [-0.05, 0) is 17.7 Å². The molecule has 1 aromatic carbocycles. The molecule has 0 fully saturated rings. The summed E-state index contributed by atoms with van der Waals surface area (Å²) in [5.74, 6) is 0.444. The number of hydrogen-bond donors (Lipinski definition) is 2. The number of rotatable bonds is 3. The van der Waals surface area contributed by atoms with Crippen LogP contribution in [0, 0.1) is 11.3 Å². The highest BCUT2D eigenvalue weighted by Gasteiger charge is 2.09. The predicted octanol–water partition coefficient (Wildman–Crippen LogP) is 1.15. The summed E-state index contributed by atoms with van der Waals surface area (Å²) in [6.07, 6.45) is 1.45. The van der Waals surface area contributed by atoms with Gasteiger partial charge in [0.25, 0.3) is 5.56 Å². The second-order valence-electron chi connectivity index (χ2n) is 4.69. The maximum Gasteiger partial charge on any atom is 0.263 e. The predicted molar refractivity (Wildman–Crippen MR) is 77.8 cm³/mol. The molecule has 0 atom stereocenters. The lowest BCUT2D eigenvalue weighted by Crippen LogP contribution is -2.22. The van der Waals surface area contributed by atoms with Gasteiger partial charge in [-0.3, -0.25) is 14.9 Å². The molecule has 7 nitrogen and oxygen atoms in total. The van der Waals surface area contributed by atoms with Crippen LogP contribution in [-0.2, 0) is 6.54 Å². The second-order valence-corrected chi connectivity index (χ2v) is 4.69. The SMILES string of the molecule is CN(Cc1cccc(C#N)c1)c1nc2[nH]ncc2c(=O)[nH]1. The molecule has 0 saturated heterocycles. The number of nitriles is 1. The van der Waals surface area contributed by atoms with Crippen LogP contribution < -0.4 is 10.5 Å². The lowest BCUT2D eigenvalue weighted by atomic mass is 10.1. The summed E-state index contributed by atoms with van der Waals surface area (Å²) in [6, 6.07) is 9.41. The number of anilines is 1. The average Bonchev–Trinajstić information content (AvgIpc) is 2.96. The Hall–Kier alpha value is -3.14. The largest absolute Gasteiger partial charge is 0.341 e. The summed E-state index contributed by atoms with van der Waals surface area (Å²) >= 11 is 0. The normalized spacial score (nSPS) is 10.5. The molecule has 21 heavy (non-hydrogen) atoms. The number of aromatic nitrogens is 4. The van der Waals surface area contributed by atoms with Crippen LogP contribution in [0.1, 0.15) is 11.1 Å². The van der Waals surface area contributed by atoms with Gasteiger partial charge in [-0.15, -0.1) is 0 Å². The summed E-state index contributed by atoms with van der Waals surface area (Å²) in [5.41, 5.74) is 1.78. The fraction of sp³-hybridized carbons (Fsp3) is 0.143. The molecular formula is C14H12N6O. The van der Waals surface area contributed by atoms with Crippen molar-refractivity contribution in [3.63, 3.8) is 0 Å². The van der Waals surface area contributed by atoms with Crippen LogP contribution in [0.5, 0.6) is 0 Å². The molecule has 2 heterocycles. The van der Waals surface area contributed by atoms with E-state index in [0.29, 0.717) is 29.1 Å². The van der Waals surface area contributed by atoms with Crippen LogP contribution in [-0.4, -0.2) is 27.2 Å². The highest BCUT2D eigenvalue weighted by molar-refractivity contribution is 5.73. The molecule has 2 aromatic heterocycles. The topological polar surface area (TPSA) is 101 Å². The third-order valence-corrected chi connectivity index (χ3v) is 3.14. The first kappa shape index (κ1) is 12.9. The minimum Gasteiger partial charge on any atom is -0.341 e. The molecule has 3 rings (SSSR count). The van der Waals surface area contributed by atoms with Gasteiger partial charge in [0.2, 0.25) is 5.95 Å². The molecule has 0 aliphatic rings. The molecule has 0 radical (unpaired) electrons. The molecule has 0 spiro atoms. The number of H-pyrrole nitrogens is 2. The maximum absolute atomic E-state index is 11.9. The Bertz CT molecular complexity index is 888. The molecule has 0 amide bonds. The fourth-order valence-electron chi connectivity index (χ4n) is 2.10. The van der Waals surface area contributed by atoms with Crippen molar-refractivity contribution in [1.82, 2.24) is 20.2 Å². The molecular weight excluding hydrogens is 268 g/mol. The molecule has 0 saturated carbocycles. The summed E-state index contributed by atoms with van der Waals surface area (Å²) < 4.78 is 0. The molecule has 0 aliphatic carbocycles. The van der Waals surface area contributed by atoms with E-state index in [-0.39, 0.29) is 5.56 Å². The lowest BCUT2D eigenvalue weighted by Gasteiger charge is -2.17. The van der Waals surface area contributed by atoms with Gasteiger partial charge in [0, 0.05) is 13.6 Å². The first-order valence-electron chi connectivity index (χ1n) is 6.31. The smallest absolute Gasteiger partial charge is 0.263 e. The number of nitrogens with one attached hydrogen (secondary N) is 2. The molecule has 0 bridgehead atoms. The van der Waals surface area contributed by atoms with Gasteiger partial charge in [-0.2, -0.15) is 15.3 Å². The van der Waals surface area contributed by atoms with Crippen molar-refractivity contribution in [2.45, 2.75) is 6.54 Å². The average molecular weight is 280 g/mol. The first-order chi connectivity index (χ1) is 10.2. The van der Waals surface area contributed by atoms with Crippen molar-refractivity contribution in [1.29, 1.82) is 5.26 Å². The van der Waals surface area contributed by atoms with E-state index in [4.69, 9.17) is 5.26 Å². The second kappa shape index (κ2) is 5.09. The van der Waals surface area contributed by atoms with Crippen molar-refractivity contribution >= 4 is 17.0 Å². The Morgan fingerprint density at radius 3 is 3.10 bits per heavy atom. The Labute approximate surface area is 119 Å². The van der Waals surface area contributed by atoms with Gasteiger partial charge in [0.15, 0.2) is 5.65 Å². The third kappa shape index (κ3) is 2.47. The maximum atomic E-state index is 11.9. The molecule has 0 unspecified atom stereocenters. The van der Waals surface area contributed by atoms with Crippen LogP contribution in [0.3, 0.4) is 0 Å². The third-order valence-electron chi connectivity index (χ3n) is 3.14. The van der Waals surface area contributed by atoms with E-state index >= 15 is 0 Å². The van der Waals surface area contributed by atoms with Crippen molar-refractivity contribution in [2.24, 2.45) is 0 Å². The lowest BCUT2D eigenvalue weighted by molar-refractivity contribution is 0.866. The van der Waals surface area contributed by atoms with E-state index in [1.807, 2.05) is 25.2 Å². The highest BCUT2D eigenvalue weighted by Crippen LogP contribution is 2.12. The Kier molecular flexibility index (Phi) is 3.12. The fourth-order valence-corrected chi connectivity index (χ4v) is 2.10. The molecule has 2 N–H and O–H groups in total. The Morgan fingerprint density at radius 2 is 2.29 bits per heavy atom. The monoisotopic (exact) mass is 280 g/mol. The number of aromatic amines is 2. The zero-order chi connectivity index (χ0) is 14.8. The summed E-state index contributed by atoms with van der Waals surface area (Å²) in [4.78, 5) is 20.7.